The molecule has 1 saturated carbocycles. The van der Waals surface area contributed by atoms with E-state index in [0.717, 1.165) is 18.6 Å². The molecule has 0 unspecified atom stereocenters. The molecule has 2 N–H and O–H groups in total. The van der Waals surface area contributed by atoms with E-state index >= 15 is 0 Å². The van der Waals surface area contributed by atoms with E-state index in [4.69, 9.17) is 4.74 Å². The maximum absolute atomic E-state index is 13.4. The fourth-order valence-corrected chi connectivity index (χ4v) is 3.76. The lowest BCUT2D eigenvalue weighted by Gasteiger charge is -2.32. The summed E-state index contributed by atoms with van der Waals surface area (Å²) >= 11 is 0. The number of nitrogens with zero attached hydrogens (tertiary/aromatic N) is 3. The number of aryl methyl sites for hydroxylation is 1. The Kier molecular flexibility index (Phi) is 5.17. The number of ether oxygens (including phenoxy) is 1. The van der Waals surface area contributed by atoms with Gasteiger partial charge in [0, 0.05) is 31.6 Å². The summed E-state index contributed by atoms with van der Waals surface area (Å²) in [6.07, 6.45) is 1.71. The van der Waals surface area contributed by atoms with Crippen LogP contribution in [0.2, 0.25) is 0 Å². The van der Waals surface area contributed by atoms with Gasteiger partial charge < -0.3 is 20.3 Å². The van der Waals surface area contributed by atoms with Gasteiger partial charge in [-0.2, -0.15) is 4.98 Å². The fourth-order valence-electron chi connectivity index (χ4n) is 3.76. The number of halogens is 3. The van der Waals surface area contributed by atoms with E-state index in [0.29, 0.717) is 36.0 Å². The lowest BCUT2D eigenvalue weighted by molar-refractivity contribution is -0.117. The fraction of sp³-hybridized carbons (Fsp3) is 0.450. The molecule has 0 radical (unpaired) electrons. The van der Waals surface area contributed by atoms with E-state index in [9.17, 15) is 18.0 Å². The smallest absolute Gasteiger partial charge is 0.246 e. The first-order valence-corrected chi connectivity index (χ1v) is 9.73. The molecule has 2 heterocycles. The highest BCUT2D eigenvalue weighted by molar-refractivity contribution is 6.03. The Balaban J connectivity index is 1.44. The van der Waals surface area contributed by atoms with Crippen LogP contribution in [0.25, 0.3) is 0 Å². The minimum Gasteiger partial charge on any atom is -0.490 e. The molecule has 1 aromatic carbocycles. The predicted octanol–water partition coefficient (Wildman–Crippen LogP) is 3.39. The molecule has 10 heteroatoms. The van der Waals surface area contributed by atoms with Crippen LogP contribution in [0.15, 0.2) is 12.1 Å². The Morgan fingerprint density at radius 3 is 2.60 bits per heavy atom. The Morgan fingerprint density at radius 1 is 1.20 bits per heavy atom. The summed E-state index contributed by atoms with van der Waals surface area (Å²) in [5.41, 5.74) is 1.25. The second kappa shape index (κ2) is 7.66. The van der Waals surface area contributed by atoms with Gasteiger partial charge in [0.05, 0.1) is 5.69 Å². The van der Waals surface area contributed by atoms with Crippen molar-refractivity contribution in [3.05, 3.63) is 35.3 Å². The third kappa shape index (κ3) is 3.73. The maximum Gasteiger partial charge on any atom is 0.246 e. The second-order valence-corrected chi connectivity index (χ2v) is 7.70. The van der Waals surface area contributed by atoms with Crippen LogP contribution >= 0.6 is 0 Å². The number of fused-ring (bicyclic) bond motifs is 1. The molecular formula is C20H22F3N5O2. The summed E-state index contributed by atoms with van der Waals surface area (Å²) in [6.45, 7) is 3.59. The average molecular weight is 421 g/mol. The summed E-state index contributed by atoms with van der Waals surface area (Å²) < 4.78 is 45.5. The van der Waals surface area contributed by atoms with Crippen molar-refractivity contribution in [2.45, 2.75) is 51.3 Å². The largest absolute Gasteiger partial charge is 0.490 e. The molecule has 1 aliphatic carbocycles. The van der Waals surface area contributed by atoms with E-state index < -0.39 is 17.5 Å². The highest BCUT2D eigenvalue weighted by Gasteiger charge is 2.32. The van der Waals surface area contributed by atoms with Crippen LogP contribution in [0, 0.1) is 24.4 Å². The van der Waals surface area contributed by atoms with Crippen molar-refractivity contribution in [2.75, 3.05) is 22.6 Å². The monoisotopic (exact) mass is 421 g/mol. The Bertz CT molecular complexity index is 980. The molecule has 160 valence electrons. The van der Waals surface area contributed by atoms with Gasteiger partial charge in [0.2, 0.25) is 11.9 Å². The molecule has 0 spiro atoms. The van der Waals surface area contributed by atoms with Crippen LogP contribution in [0.3, 0.4) is 0 Å². The standard InChI is InChI=1S/C20H22F3N5O2/c1-9-17-18(28(3)10(2)19(29)26-17)27-20(24-9)25-11-4-5-12(6-11)30-13-7-14(21)16(23)15(22)8-13/h7-8,10-12H,4-6H2,1-3H3,(H,26,29)(H,24,25,27)/t10-,11+,12+/m0/s1. The molecule has 0 saturated heterocycles. The zero-order valence-corrected chi connectivity index (χ0v) is 16.8. The molecule has 1 aliphatic heterocycles. The second-order valence-electron chi connectivity index (χ2n) is 7.70. The van der Waals surface area contributed by atoms with Crippen molar-refractivity contribution in [3.63, 3.8) is 0 Å². The van der Waals surface area contributed by atoms with E-state index in [-0.39, 0.29) is 29.8 Å². The predicted molar refractivity (Wildman–Crippen MR) is 105 cm³/mol. The van der Waals surface area contributed by atoms with E-state index in [1.807, 2.05) is 0 Å². The first kappa shape index (κ1) is 20.2. The van der Waals surface area contributed by atoms with Crippen molar-refractivity contribution < 1.29 is 22.7 Å². The SMILES string of the molecule is Cc1nc(N[C@@H]2CC[C@@H](Oc3cc(F)c(F)c(F)c3)C2)nc2c1NC(=O)[C@H](C)N2C. The Hall–Kier alpha value is -3.04. The van der Waals surface area contributed by atoms with Crippen LogP contribution in [-0.4, -0.2) is 41.1 Å². The van der Waals surface area contributed by atoms with Gasteiger partial charge in [0.15, 0.2) is 23.3 Å². The molecule has 2 aliphatic rings. The van der Waals surface area contributed by atoms with Gasteiger partial charge >= 0.3 is 0 Å². The number of amides is 1. The summed E-state index contributed by atoms with van der Waals surface area (Å²) in [5.74, 6) is -3.14. The van der Waals surface area contributed by atoms with Crippen LogP contribution in [-0.2, 0) is 4.79 Å². The number of likely N-dealkylation sites (N-methyl/N-ethyl adjacent to an activating group) is 1. The summed E-state index contributed by atoms with van der Waals surface area (Å²) in [6, 6.07) is 1.35. The number of carbonyl (C=O) groups is 1. The highest BCUT2D eigenvalue weighted by Crippen LogP contribution is 2.33. The summed E-state index contributed by atoms with van der Waals surface area (Å²) in [7, 11) is 1.80. The Labute approximate surface area is 171 Å². The number of aromatic nitrogens is 2. The lowest BCUT2D eigenvalue weighted by atomic mass is 10.2. The van der Waals surface area contributed by atoms with Gasteiger partial charge in [-0.15, -0.1) is 0 Å². The number of carbonyl (C=O) groups excluding carboxylic acids is 1. The maximum atomic E-state index is 13.4. The Morgan fingerprint density at radius 2 is 1.90 bits per heavy atom. The van der Waals surface area contributed by atoms with Gasteiger partial charge in [0.1, 0.15) is 23.6 Å². The van der Waals surface area contributed by atoms with Gasteiger partial charge in [-0.05, 0) is 26.7 Å². The zero-order valence-electron chi connectivity index (χ0n) is 16.8. The topological polar surface area (TPSA) is 79.4 Å². The normalized spacial score (nSPS) is 23.2. The van der Waals surface area contributed by atoms with Crippen molar-refractivity contribution in [1.82, 2.24) is 9.97 Å². The minimum absolute atomic E-state index is 0.00324. The molecule has 7 nitrogen and oxygen atoms in total. The number of benzene rings is 1. The van der Waals surface area contributed by atoms with E-state index in [1.165, 1.54) is 0 Å². The van der Waals surface area contributed by atoms with Gasteiger partial charge in [-0.1, -0.05) is 0 Å². The number of hydrogen-bond donors (Lipinski definition) is 2. The van der Waals surface area contributed by atoms with Crippen LogP contribution in [0.1, 0.15) is 31.9 Å². The number of rotatable bonds is 4. The number of anilines is 3. The van der Waals surface area contributed by atoms with E-state index in [2.05, 4.69) is 20.6 Å². The van der Waals surface area contributed by atoms with E-state index in [1.54, 1.807) is 25.8 Å². The molecule has 0 bridgehead atoms. The lowest BCUT2D eigenvalue weighted by Crippen LogP contribution is -2.45. The first-order valence-electron chi connectivity index (χ1n) is 9.73. The van der Waals surface area contributed by atoms with Crippen LogP contribution in [0.5, 0.6) is 5.75 Å². The minimum atomic E-state index is -1.51. The third-order valence-corrected chi connectivity index (χ3v) is 5.59. The van der Waals surface area contributed by atoms with Crippen molar-refractivity contribution in [1.29, 1.82) is 0 Å². The van der Waals surface area contributed by atoms with Crippen molar-refractivity contribution >= 4 is 23.4 Å². The van der Waals surface area contributed by atoms with Gasteiger partial charge in [-0.25, -0.2) is 18.2 Å². The quantitative estimate of drug-likeness (QED) is 0.737. The van der Waals surface area contributed by atoms with Crippen LogP contribution < -0.4 is 20.3 Å². The average Bonchev–Trinajstić information content (AvgIpc) is 3.12. The molecule has 2 aromatic rings. The molecule has 1 amide bonds. The van der Waals surface area contributed by atoms with Crippen LogP contribution in [0.4, 0.5) is 30.6 Å². The molecular weight excluding hydrogens is 399 g/mol. The number of nitrogens with one attached hydrogen (secondary N) is 2. The summed E-state index contributed by atoms with van der Waals surface area (Å²) in [5, 5.41) is 6.11. The molecule has 4 rings (SSSR count). The molecule has 1 fully saturated rings. The highest BCUT2D eigenvalue weighted by atomic mass is 19.2. The zero-order chi connectivity index (χ0) is 21.6. The first-order chi connectivity index (χ1) is 14.2. The summed E-state index contributed by atoms with van der Waals surface area (Å²) in [4.78, 5) is 22.8. The number of hydrogen-bond acceptors (Lipinski definition) is 6. The van der Waals surface area contributed by atoms with Gasteiger partial charge in [-0.3, -0.25) is 4.79 Å². The molecule has 1 aromatic heterocycles. The molecule has 30 heavy (non-hydrogen) atoms. The molecule has 3 atom stereocenters. The van der Waals surface area contributed by atoms with Gasteiger partial charge in [0.25, 0.3) is 0 Å². The van der Waals surface area contributed by atoms with Crippen molar-refractivity contribution in [3.8, 4) is 5.75 Å². The third-order valence-electron chi connectivity index (χ3n) is 5.59. The van der Waals surface area contributed by atoms with Crippen molar-refractivity contribution in [2.24, 2.45) is 0 Å².